The lowest BCUT2D eigenvalue weighted by Crippen LogP contribution is -2.00. The van der Waals surface area contributed by atoms with Gasteiger partial charge in [-0.3, -0.25) is 4.68 Å². The molecule has 0 aliphatic carbocycles. The van der Waals surface area contributed by atoms with Crippen LogP contribution in [0.1, 0.15) is 5.82 Å². The van der Waals surface area contributed by atoms with E-state index >= 15 is 0 Å². The van der Waals surface area contributed by atoms with Gasteiger partial charge in [-0.1, -0.05) is 11.6 Å². The zero-order valence-electron chi connectivity index (χ0n) is 10.5. The van der Waals surface area contributed by atoms with Crippen molar-refractivity contribution < 1.29 is 9.47 Å². The summed E-state index contributed by atoms with van der Waals surface area (Å²) < 4.78 is 11.9. The van der Waals surface area contributed by atoms with Crippen LogP contribution in [0, 0.1) is 0 Å². The Balaban J connectivity index is 2.44. The summed E-state index contributed by atoms with van der Waals surface area (Å²) in [6.07, 6.45) is 0. The van der Waals surface area contributed by atoms with Crippen molar-refractivity contribution in [2.45, 2.75) is 6.61 Å². The Hall–Kier alpha value is -1.59. The van der Waals surface area contributed by atoms with Gasteiger partial charge in [-0.15, -0.1) is 0 Å². The summed E-state index contributed by atoms with van der Waals surface area (Å²) in [6.45, 7) is 0.408. The van der Waals surface area contributed by atoms with Gasteiger partial charge < -0.3 is 9.47 Å². The van der Waals surface area contributed by atoms with Crippen molar-refractivity contribution in [1.29, 1.82) is 0 Å². The molecule has 6 heteroatoms. The molecule has 0 aliphatic heterocycles. The molecule has 0 saturated heterocycles. The van der Waals surface area contributed by atoms with Gasteiger partial charge in [-0.05, 0) is 18.2 Å². The van der Waals surface area contributed by atoms with Crippen LogP contribution in [0.15, 0.2) is 18.2 Å². The van der Waals surface area contributed by atoms with Gasteiger partial charge in [0.25, 0.3) is 0 Å². The molecule has 1 heterocycles. The molecule has 0 amide bonds. The third-order valence-electron chi connectivity index (χ3n) is 2.54. The molecule has 0 radical (unpaired) electrons. The van der Waals surface area contributed by atoms with E-state index in [0.717, 1.165) is 17.1 Å². The van der Waals surface area contributed by atoms with Crippen molar-refractivity contribution in [3.63, 3.8) is 0 Å². The first-order valence-corrected chi connectivity index (χ1v) is 5.76. The second-order valence-electron chi connectivity index (χ2n) is 3.75. The van der Waals surface area contributed by atoms with Crippen LogP contribution in [0.5, 0.6) is 5.75 Å². The van der Waals surface area contributed by atoms with Gasteiger partial charge in [-0.2, -0.15) is 5.10 Å². The van der Waals surface area contributed by atoms with Gasteiger partial charge in [0, 0.05) is 19.7 Å². The van der Waals surface area contributed by atoms with Gasteiger partial charge >= 0.3 is 0 Å². The molecule has 2 aromatic rings. The maximum Gasteiger partial charge on any atom is 0.183 e. The van der Waals surface area contributed by atoms with E-state index in [4.69, 9.17) is 21.1 Å². The molecule has 0 fully saturated rings. The van der Waals surface area contributed by atoms with Crippen LogP contribution in [0.3, 0.4) is 0 Å². The Morgan fingerprint density at radius 2 is 2.11 bits per heavy atom. The number of aromatic nitrogens is 3. The first-order chi connectivity index (χ1) is 8.65. The topological polar surface area (TPSA) is 49.2 Å². The first-order valence-electron chi connectivity index (χ1n) is 5.38. The third-order valence-corrected chi connectivity index (χ3v) is 2.87. The smallest absolute Gasteiger partial charge is 0.183 e. The van der Waals surface area contributed by atoms with E-state index in [9.17, 15) is 0 Å². The van der Waals surface area contributed by atoms with Gasteiger partial charge in [0.2, 0.25) is 0 Å². The van der Waals surface area contributed by atoms with Crippen molar-refractivity contribution in [1.82, 2.24) is 14.8 Å². The lowest BCUT2D eigenvalue weighted by molar-refractivity contribution is 0.174. The standard InChI is InChI=1S/C12H14ClN3O2/c1-16-11(7-17-2)14-12(15-16)9-6-8(18-3)4-5-10(9)13/h4-6H,7H2,1-3H3. The average Bonchev–Trinajstić information content (AvgIpc) is 2.72. The van der Waals surface area contributed by atoms with Gasteiger partial charge in [-0.25, -0.2) is 4.98 Å². The maximum atomic E-state index is 6.15. The molecule has 0 saturated carbocycles. The highest BCUT2D eigenvalue weighted by atomic mass is 35.5. The second kappa shape index (κ2) is 5.37. The molecule has 0 atom stereocenters. The van der Waals surface area contributed by atoms with Crippen LogP contribution in [0.25, 0.3) is 11.4 Å². The van der Waals surface area contributed by atoms with Gasteiger partial charge in [0.15, 0.2) is 11.6 Å². The molecule has 96 valence electrons. The number of ether oxygens (including phenoxy) is 2. The van der Waals surface area contributed by atoms with Crippen molar-refractivity contribution >= 4 is 11.6 Å². The van der Waals surface area contributed by atoms with Crippen LogP contribution in [-0.2, 0) is 18.4 Å². The van der Waals surface area contributed by atoms with Crippen LogP contribution in [0.4, 0.5) is 0 Å². The molecule has 0 aliphatic rings. The van der Waals surface area contributed by atoms with Crippen molar-refractivity contribution in [2.24, 2.45) is 7.05 Å². The summed E-state index contributed by atoms with van der Waals surface area (Å²) >= 11 is 6.15. The Morgan fingerprint density at radius 3 is 2.78 bits per heavy atom. The highest BCUT2D eigenvalue weighted by Crippen LogP contribution is 2.29. The summed E-state index contributed by atoms with van der Waals surface area (Å²) in [5.74, 6) is 2.02. The normalized spacial score (nSPS) is 10.7. The van der Waals surface area contributed by atoms with Crippen molar-refractivity contribution in [3.05, 3.63) is 29.0 Å². The predicted octanol–water partition coefficient (Wildman–Crippen LogP) is 2.29. The minimum atomic E-state index is 0.408. The summed E-state index contributed by atoms with van der Waals surface area (Å²) in [7, 11) is 5.04. The Labute approximate surface area is 110 Å². The van der Waals surface area contributed by atoms with Crippen LogP contribution < -0.4 is 4.74 Å². The van der Waals surface area contributed by atoms with E-state index in [1.165, 1.54) is 0 Å². The predicted molar refractivity (Wildman–Crippen MR) is 68.7 cm³/mol. The number of hydrogen-bond acceptors (Lipinski definition) is 4. The van der Waals surface area contributed by atoms with Crippen LogP contribution in [-0.4, -0.2) is 29.0 Å². The number of aryl methyl sites for hydroxylation is 1. The summed E-state index contributed by atoms with van der Waals surface area (Å²) in [4.78, 5) is 4.39. The van der Waals surface area contributed by atoms with E-state index < -0.39 is 0 Å². The molecule has 0 bridgehead atoms. The zero-order chi connectivity index (χ0) is 13.1. The molecular weight excluding hydrogens is 254 g/mol. The number of hydrogen-bond donors (Lipinski definition) is 0. The summed E-state index contributed by atoms with van der Waals surface area (Å²) in [5, 5.41) is 4.91. The Bertz CT molecular complexity index is 554. The molecule has 1 aromatic carbocycles. The molecule has 18 heavy (non-hydrogen) atoms. The van der Waals surface area contributed by atoms with Crippen LogP contribution >= 0.6 is 11.6 Å². The minimum Gasteiger partial charge on any atom is -0.497 e. The van der Waals surface area contributed by atoms with E-state index in [0.29, 0.717) is 17.5 Å². The molecule has 0 unspecified atom stereocenters. The quantitative estimate of drug-likeness (QED) is 0.853. The number of nitrogens with zero attached hydrogens (tertiary/aromatic N) is 3. The van der Waals surface area contributed by atoms with Crippen LogP contribution in [0.2, 0.25) is 5.02 Å². The minimum absolute atomic E-state index is 0.408. The SMILES string of the molecule is COCc1nc(-c2cc(OC)ccc2Cl)nn1C. The fourth-order valence-corrected chi connectivity index (χ4v) is 1.79. The van der Waals surface area contributed by atoms with E-state index in [1.54, 1.807) is 31.0 Å². The van der Waals surface area contributed by atoms with E-state index in [1.807, 2.05) is 13.1 Å². The molecular formula is C12H14ClN3O2. The largest absolute Gasteiger partial charge is 0.497 e. The van der Waals surface area contributed by atoms with E-state index in [2.05, 4.69) is 10.1 Å². The van der Waals surface area contributed by atoms with E-state index in [-0.39, 0.29) is 0 Å². The molecule has 5 nitrogen and oxygen atoms in total. The lowest BCUT2D eigenvalue weighted by atomic mass is 10.2. The average molecular weight is 268 g/mol. The number of benzene rings is 1. The highest BCUT2D eigenvalue weighted by molar-refractivity contribution is 6.33. The maximum absolute atomic E-state index is 6.15. The summed E-state index contributed by atoms with van der Waals surface area (Å²) in [5.41, 5.74) is 0.744. The zero-order valence-corrected chi connectivity index (χ0v) is 11.2. The molecule has 0 N–H and O–H groups in total. The third kappa shape index (κ3) is 2.47. The summed E-state index contributed by atoms with van der Waals surface area (Å²) in [6, 6.07) is 5.38. The Kier molecular flexibility index (Phi) is 3.84. The number of rotatable bonds is 4. The first kappa shape index (κ1) is 12.9. The fourth-order valence-electron chi connectivity index (χ4n) is 1.59. The number of methoxy groups -OCH3 is 2. The number of halogens is 1. The Morgan fingerprint density at radius 1 is 1.33 bits per heavy atom. The molecule has 1 aromatic heterocycles. The van der Waals surface area contributed by atoms with Gasteiger partial charge in [0.1, 0.15) is 12.4 Å². The second-order valence-corrected chi connectivity index (χ2v) is 4.16. The molecule has 0 spiro atoms. The lowest BCUT2D eigenvalue weighted by Gasteiger charge is -2.03. The van der Waals surface area contributed by atoms with Gasteiger partial charge in [0.05, 0.1) is 12.1 Å². The monoisotopic (exact) mass is 267 g/mol. The van der Waals surface area contributed by atoms with Crippen molar-refractivity contribution in [3.8, 4) is 17.1 Å². The molecule has 2 rings (SSSR count). The highest BCUT2D eigenvalue weighted by Gasteiger charge is 2.13. The van der Waals surface area contributed by atoms with Crippen molar-refractivity contribution in [2.75, 3.05) is 14.2 Å². The fraction of sp³-hybridized carbons (Fsp3) is 0.333.